The van der Waals surface area contributed by atoms with Crippen molar-refractivity contribution in [2.45, 2.75) is 49.3 Å². The summed E-state index contributed by atoms with van der Waals surface area (Å²) in [5.74, 6) is -0.555. The Labute approximate surface area is 218 Å². The van der Waals surface area contributed by atoms with Gasteiger partial charge in [-0.2, -0.15) is 4.31 Å². The highest BCUT2D eigenvalue weighted by molar-refractivity contribution is 7.89. The lowest BCUT2D eigenvalue weighted by molar-refractivity contribution is -0.136. The highest BCUT2D eigenvalue weighted by Gasteiger charge is 2.42. The maximum absolute atomic E-state index is 13.8. The second kappa shape index (κ2) is 14.5. The minimum Gasteiger partial charge on any atom is -0.497 e. The van der Waals surface area contributed by atoms with Gasteiger partial charge in [0.15, 0.2) is 0 Å². The van der Waals surface area contributed by atoms with Crippen LogP contribution < -0.4 is 10.2 Å². The Balaban J connectivity index is 0.00000456. The van der Waals surface area contributed by atoms with Crippen molar-refractivity contribution in [3.05, 3.63) is 54.4 Å². The zero-order chi connectivity index (χ0) is 25.3. The maximum Gasteiger partial charge on any atom is 0.262 e. The summed E-state index contributed by atoms with van der Waals surface area (Å²) in [5, 5.41) is 9.56. The van der Waals surface area contributed by atoms with E-state index in [4.69, 9.17) is 14.2 Å². The van der Waals surface area contributed by atoms with Crippen molar-refractivity contribution >= 4 is 28.3 Å². The van der Waals surface area contributed by atoms with Crippen LogP contribution in [0.1, 0.15) is 31.2 Å². The molecule has 1 aliphatic rings. The molecule has 1 aromatic heterocycles. The van der Waals surface area contributed by atoms with E-state index in [-0.39, 0.29) is 35.9 Å². The van der Waals surface area contributed by atoms with Gasteiger partial charge in [-0.05, 0) is 73.6 Å². The van der Waals surface area contributed by atoms with Crippen LogP contribution in [0.4, 0.5) is 0 Å². The van der Waals surface area contributed by atoms with Gasteiger partial charge in [-0.15, -0.1) is 12.4 Å². The Hall–Kier alpha value is -2.28. The number of carbonyl (C=O) groups is 1. The fourth-order valence-electron chi connectivity index (χ4n) is 4.40. The lowest BCUT2D eigenvalue weighted by Gasteiger charge is -2.38. The standard InChI is InChI=1S/C24H33N3O7S.ClH/c1-32-15-16-34-21-5-3-19(4-6-21)23(24(28)26-29)27(17-18-11-13-25-14-12-18)35(30,31)22-9-7-20(33-2)8-10-22;/h7-14,19,21,23,29H,3-6,15-17H2,1-2H3,(H,26,28);1H/t19-,21-,23?;. The first-order chi connectivity index (χ1) is 16.9. The number of nitrogens with one attached hydrogen (secondary N) is 1. The summed E-state index contributed by atoms with van der Waals surface area (Å²) in [6.07, 6.45) is 5.64. The van der Waals surface area contributed by atoms with E-state index in [1.807, 2.05) is 0 Å². The van der Waals surface area contributed by atoms with Crippen LogP contribution in [-0.2, 0) is 30.8 Å². The molecule has 12 heteroatoms. The van der Waals surface area contributed by atoms with Crippen LogP contribution >= 0.6 is 12.4 Å². The number of halogens is 1. The van der Waals surface area contributed by atoms with Gasteiger partial charge in [0, 0.05) is 26.0 Å². The number of pyridine rings is 1. The molecule has 1 aliphatic carbocycles. The molecule has 1 saturated carbocycles. The first kappa shape index (κ1) is 29.9. The van der Waals surface area contributed by atoms with E-state index in [9.17, 15) is 18.4 Å². The number of rotatable bonds is 12. The van der Waals surface area contributed by atoms with E-state index in [0.717, 1.165) is 0 Å². The molecule has 10 nitrogen and oxygen atoms in total. The molecule has 0 spiro atoms. The van der Waals surface area contributed by atoms with E-state index < -0.39 is 22.0 Å². The molecule has 1 atom stereocenters. The second-order valence-electron chi connectivity index (χ2n) is 8.40. The number of ether oxygens (including phenoxy) is 3. The van der Waals surface area contributed by atoms with E-state index in [0.29, 0.717) is 50.2 Å². The molecule has 3 rings (SSSR count). The number of hydroxylamine groups is 1. The summed E-state index contributed by atoms with van der Waals surface area (Å²) in [6.45, 7) is 0.918. The topological polar surface area (TPSA) is 127 Å². The lowest BCUT2D eigenvalue weighted by atomic mass is 9.82. The van der Waals surface area contributed by atoms with Gasteiger partial charge in [0.1, 0.15) is 11.8 Å². The number of aromatic nitrogens is 1. The van der Waals surface area contributed by atoms with Gasteiger partial charge in [-0.1, -0.05) is 0 Å². The third-order valence-corrected chi connectivity index (χ3v) is 8.09. The van der Waals surface area contributed by atoms with Crippen molar-refractivity contribution in [2.24, 2.45) is 5.92 Å². The van der Waals surface area contributed by atoms with Gasteiger partial charge >= 0.3 is 0 Å². The van der Waals surface area contributed by atoms with E-state index >= 15 is 0 Å². The highest BCUT2D eigenvalue weighted by Crippen LogP contribution is 2.34. The van der Waals surface area contributed by atoms with Crippen LogP contribution in [0.3, 0.4) is 0 Å². The molecule has 0 saturated heterocycles. The van der Waals surface area contributed by atoms with Gasteiger partial charge in [0.25, 0.3) is 5.91 Å². The van der Waals surface area contributed by atoms with Gasteiger partial charge in [0.05, 0.1) is 31.3 Å². The van der Waals surface area contributed by atoms with E-state index in [1.165, 1.54) is 23.5 Å². The molecule has 0 aliphatic heterocycles. The zero-order valence-electron chi connectivity index (χ0n) is 20.4. The first-order valence-electron chi connectivity index (χ1n) is 11.5. The van der Waals surface area contributed by atoms with Crippen molar-refractivity contribution < 1.29 is 32.6 Å². The monoisotopic (exact) mass is 543 g/mol. The molecule has 2 aromatic rings. The molecule has 36 heavy (non-hydrogen) atoms. The molecule has 0 radical (unpaired) electrons. The molecular formula is C24H34ClN3O7S. The largest absolute Gasteiger partial charge is 0.497 e. The predicted molar refractivity (Wildman–Crippen MR) is 134 cm³/mol. The SMILES string of the molecule is COCCO[C@H]1CC[C@H](C(C(=O)NO)N(Cc2ccncc2)S(=O)(=O)c2ccc(OC)cc2)CC1.Cl. The molecule has 1 fully saturated rings. The van der Waals surface area contributed by atoms with Crippen LogP contribution in [0.2, 0.25) is 0 Å². The van der Waals surface area contributed by atoms with Crippen LogP contribution in [0.5, 0.6) is 5.75 Å². The second-order valence-corrected chi connectivity index (χ2v) is 10.3. The number of amides is 1. The van der Waals surface area contributed by atoms with Gasteiger partial charge < -0.3 is 14.2 Å². The van der Waals surface area contributed by atoms with Crippen molar-refractivity contribution in [3.8, 4) is 5.75 Å². The van der Waals surface area contributed by atoms with Gasteiger partial charge in [-0.3, -0.25) is 15.0 Å². The summed E-state index contributed by atoms with van der Waals surface area (Å²) in [6, 6.07) is 8.29. The Morgan fingerprint density at radius 2 is 1.72 bits per heavy atom. The molecule has 2 N–H and O–H groups in total. The number of nitrogens with zero attached hydrogens (tertiary/aromatic N) is 2. The number of benzene rings is 1. The first-order valence-corrected chi connectivity index (χ1v) is 12.9. The van der Waals surface area contributed by atoms with Crippen LogP contribution in [0, 0.1) is 5.92 Å². The summed E-state index contributed by atoms with van der Waals surface area (Å²) in [7, 11) is -1.02. The van der Waals surface area contributed by atoms with Crippen LogP contribution in [0.25, 0.3) is 0 Å². The average Bonchev–Trinajstić information content (AvgIpc) is 2.89. The number of methoxy groups -OCH3 is 2. The summed E-state index contributed by atoms with van der Waals surface area (Å²) >= 11 is 0. The van der Waals surface area contributed by atoms with Crippen molar-refractivity contribution in [2.75, 3.05) is 27.4 Å². The molecule has 1 heterocycles. The summed E-state index contributed by atoms with van der Waals surface area (Å²) in [5.41, 5.74) is 2.37. The number of sulfonamides is 1. The Bertz CT molecular complexity index is 1030. The molecular weight excluding hydrogens is 510 g/mol. The van der Waals surface area contributed by atoms with Crippen molar-refractivity contribution in [1.82, 2.24) is 14.8 Å². The van der Waals surface area contributed by atoms with Gasteiger partial charge in [-0.25, -0.2) is 13.9 Å². The third kappa shape index (κ3) is 7.61. The third-order valence-electron chi connectivity index (χ3n) is 6.25. The predicted octanol–water partition coefficient (Wildman–Crippen LogP) is 2.80. The van der Waals surface area contributed by atoms with E-state index in [2.05, 4.69) is 4.98 Å². The number of hydrogen-bond donors (Lipinski definition) is 2. The fourth-order valence-corrected chi connectivity index (χ4v) is 6.04. The summed E-state index contributed by atoms with van der Waals surface area (Å²) < 4.78 is 44.9. The molecule has 0 bridgehead atoms. The minimum absolute atomic E-state index is 0. The lowest BCUT2D eigenvalue weighted by Crippen LogP contribution is -2.53. The smallest absolute Gasteiger partial charge is 0.262 e. The Kier molecular flexibility index (Phi) is 12.0. The quantitative estimate of drug-likeness (QED) is 0.238. The van der Waals surface area contributed by atoms with Crippen LogP contribution in [-0.4, -0.2) is 68.4 Å². The Morgan fingerprint density at radius 1 is 1.08 bits per heavy atom. The van der Waals surface area contributed by atoms with Crippen molar-refractivity contribution in [3.63, 3.8) is 0 Å². The maximum atomic E-state index is 13.8. The minimum atomic E-state index is -4.12. The average molecular weight is 544 g/mol. The van der Waals surface area contributed by atoms with Crippen LogP contribution in [0.15, 0.2) is 53.7 Å². The van der Waals surface area contributed by atoms with Crippen molar-refractivity contribution in [1.29, 1.82) is 0 Å². The number of carbonyl (C=O) groups excluding carboxylic acids is 1. The zero-order valence-corrected chi connectivity index (χ0v) is 22.0. The molecule has 1 unspecified atom stereocenters. The number of hydrogen-bond acceptors (Lipinski definition) is 8. The fraction of sp³-hybridized carbons (Fsp3) is 0.500. The highest BCUT2D eigenvalue weighted by atomic mass is 35.5. The summed E-state index contributed by atoms with van der Waals surface area (Å²) in [4.78, 5) is 17.0. The molecule has 200 valence electrons. The normalized spacial score (nSPS) is 18.8. The Morgan fingerprint density at radius 3 is 2.28 bits per heavy atom. The molecule has 1 amide bonds. The van der Waals surface area contributed by atoms with Gasteiger partial charge in [0.2, 0.25) is 10.0 Å². The molecule has 1 aromatic carbocycles. The van der Waals surface area contributed by atoms with E-state index in [1.54, 1.807) is 49.2 Å².